The molecule has 2 aromatic carbocycles. The lowest BCUT2D eigenvalue weighted by Gasteiger charge is -2.48. The maximum absolute atomic E-state index is 14.6. The first-order chi connectivity index (χ1) is 18.7. The smallest absolute Gasteiger partial charge is 0.432 e. The van der Waals surface area contributed by atoms with Gasteiger partial charge in [0.25, 0.3) is 5.60 Å². The van der Waals surface area contributed by atoms with Crippen LogP contribution in [-0.4, -0.2) is 60.0 Å². The molecule has 12 heteroatoms. The Morgan fingerprint density at radius 2 is 1.73 bits per heavy atom. The number of ether oxygens (including phenoxy) is 4. The molecule has 2 N–H and O–H groups in total. The summed E-state index contributed by atoms with van der Waals surface area (Å²) in [5.41, 5.74) is -6.13. The standard InChI is InChI=1S/C28H29F3O9/c1-14(32)39-21-12-17-19(13-26(21,2)36)24(18-10-16(37-3)11-20(33)22(18)23(17)34)40-25(35)27(38-4,28(29,30)31)15-8-6-5-7-9-15/h5-11,17,19,21,24,33,36H,12-13H2,1-4H3/t17-,19-,21+,24-,26-,27+/m0/s1. The van der Waals surface area contributed by atoms with E-state index in [1.807, 2.05) is 0 Å². The molecule has 2 aromatic rings. The average molecular weight is 567 g/mol. The summed E-state index contributed by atoms with van der Waals surface area (Å²) in [6.07, 6.45) is -8.44. The number of phenols is 1. The van der Waals surface area contributed by atoms with Gasteiger partial charge in [-0.1, -0.05) is 30.3 Å². The second-order valence-corrected chi connectivity index (χ2v) is 10.2. The number of esters is 2. The molecule has 0 amide bonds. The molecule has 4 rings (SSSR count). The fourth-order valence-corrected chi connectivity index (χ4v) is 5.79. The van der Waals surface area contributed by atoms with Crippen molar-refractivity contribution in [3.63, 3.8) is 0 Å². The Hall–Kier alpha value is -3.64. The lowest BCUT2D eigenvalue weighted by atomic mass is 9.61. The Morgan fingerprint density at radius 1 is 1.07 bits per heavy atom. The van der Waals surface area contributed by atoms with Crippen LogP contribution in [0.25, 0.3) is 0 Å². The first kappa shape index (κ1) is 29.3. The number of methoxy groups -OCH3 is 2. The van der Waals surface area contributed by atoms with Crippen LogP contribution in [0.3, 0.4) is 0 Å². The zero-order chi connectivity index (χ0) is 29.6. The van der Waals surface area contributed by atoms with Gasteiger partial charge in [-0.3, -0.25) is 9.59 Å². The van der Waals surface area contributed by atoms with Crippen molar-refractivity contribution >= 4 is 17.7 Å². The third kappa shape index (κ3) is 4.79. The summed E-state index contributed by atoms with van der Waals surface area (Å²) in [4.78, 5) is 38.9. The number of carbonyl (C=O) groups is 3. The van der Waals surface area contributed by atoms with E-state index in [0.29, 0.717) is 0 Å². The normalized spacial score (nSPS) is 27.6. The number of benzene rings is 2. The largest absolute Gasteiger partial charge is 0.507 e. The minimum Gasteiger partial charge on any atom is -0.507 e. The fraction of sp³-hybridized carbons (Fsp3) is 0.464. The Bertz CT molecular complexity index is 1310. The van der Waals surface area contributed by atoms with Gasteiger partial charge in [0.1, 0.15) is 23.7 Å². The van der Waals surface area contributed by atoms with Crippen molar-refractivity contribution in [2.75, 3.05) is 14.2 Å². The quantitative estimate of drug-likeness (QED) is 0.499. The number of ketones is 1. The summed E-state index contributed by atoms with van der Waals surface area (Å²) < 4.78 is 64.7. The maximum atomic E-state index is 14.6. The Kier molecular flexibility index (Phi) is 7.63. The van der Waals surface area contributed by atoms with E-state index in [9.17, 15) is 37.8 Å². The molecule has 0 spiro atoms. The molecule has 1 fully saturated rings. The Balaban J connectivity index is 1.87. The van der Waals surface area contributed by atoms with Crippen LogP contribution in [0.4, 0.5) is 13.2 Å². The number of aromatic hydroxyl groups is 1. The summed E-state index contributed by atoms with van der Waals surface area (Å²) in [5, 5.41) is 21.9. The third-order valence-electron chi connectivity index (χ3n) is 7.68. The van der Waals surface area contributed by atoms with Gasteiger partial charge in [-0.15, -0.1) is 0 Å². The molecule has 1 saturated carbocycles. The fourth-order valence-electron chi connectivity index (χ4n) is 5.79. The molecule has 0 unspecified atom stereocenters. The molecular weight excluding hydrogens is 537 g/mol. The molecule has 0 saturated heterocycles. The Labute approximate surface area is 227 Å². The minimum atomic E-state index is -5.26. The number of halogens is 3. The van der Waals surface area contributed by atoms with Crippen molar-refractivity contribution in [2.24, 2.45) is 11.8 Å². The van der Waals surface area contributed by atoms with Crippen LogP contribution in [-0.2, 0) is 29.4 Å². The van der Waals surface area contributed by atoms with Crippen LogP contribution < -0.4 is 4.74 Å². The maximum Gasteiger partial charge on any atom is 0.432 e. The average Bonchev–Trinajstić information content (AvgIpc) is 2.87. The van der Waals surface area contributed by atoms with Crippen molar-refractivity contribution in [1.82, 2.24) is 0 Å². The molecule has 9 nitrogen and oxygen atoms in total. The SMILES string of the molecule is COc1cc(O)c2c(c1)[C@H](OC(=O)[C@](OC)(c1ccccc1)C(F)(F)F)[C@H]1C[C@](C)(O)[C@H](OC(C)=O)C[C@@H]1C2=O. The van der Waals surface area contributed by atoms with E-state index >= 15 is 0 Å². The topological polar surface area (TPSA) is 129 Å². The van der Waals surface area contributed by atoms with Crippen molar-refractivity contribution in [2.45, 2.75) is 56.3 Å². The van der Waals surface area contributed by atoms with E-state index in [2.05, 4.69) is 0 Å². The molecule has 216 valence electrons. The molecule has 0 heterocycles. The molecular formula is C28H29F3O9. The van der Waals surface area contributed by atoms with Gasteiger partial charge in [0, 0.05) is 43.1 Å². The van der Waals surface area contributed by atoms with Crippen LogP contribution >= 0.6 is 0 Å². The summed E-state index contributed by atoms with van der Waals surface area (Å²) in [5.74, 6) is -5.71. The van der Waals surface area contributed by atoms with E-state index in [-0.39, 0.29) is 29.7 Å². The van der Waals surface area contributed by atoms with Crippen molar-refractivity contribution in [3.05, 3.63) is 59.2 Å². The van der Waals surface area contributed by atoms with E-state index < -0.39 is 70.5 Å². The molecule has 6 atom stereocenters. The second kappa shape index (κ2) is 10.4. The summed E-state index contributed by atoms with van der Waals surface area (Å²) in [7, 11) is 2.01. The van der Waals surface area contributed by atoms with Gasteiger partial charge < -0.3 is 29.2 Å². The lowest BCUT2D eigenvalue weighted by Crippen LogP contribution is -2.56. The van der Waals surface area contributed by atoms with Crippen LogP contribution in [0, 0.1) is 11.8 Å². The van der Waals surface area contributed by atoms with Gasteiger partial charge in [0.15, 0.2) is 5.78 Å². The third-order valence-corrected chi connectivity index (χ3v) is 7.68. The summed E-state index contributed by atoms with van der Waals surface area (Å²) >= 11 is 0. The second-order valence-electron chi connectivity index (χ2n) is 10.2. The van der Waals surface area contributed by atoms with Crippen molar-refractivity contribution in [1.29, 1.82) is 0 Å². The molecule has 0 aromatic heterocycles. The van der Waals surface area contributed by atoms with Gasteiger partial charge in [-0.25, -0.2) is 4.79 Å². The predicted molar refractivity (Wildman–Crippen MR) is 131 cm³/mol. The predicted octanol–water partition coefficient (Wildman–Crippen LogP) is 3.99. The van der Waals surface area contributed by atoms with Crippen LogP contribution in [0.15, 0.2) is 42.5 Å². The monoisotopic (exact) mass is 566 g/mol. The minimum absolute atomic E-state index is 0.0563. The van der Waals surface area contributed by atoms with Gasteiger partial charge in [-0.05, 0) is 25.8 Å². The highest BCUT2D eigenvalue weighted by atomic mass is 19.4. The van der Waals surface area contributed by atoms with Crippen molar-refractivity contribution in [3.8, 4) is 11.5 Å². The number of Topliss-reactive ketones (excluding diaryl/α,β-unsaturated/α-hetero) is 1. The molecule has 0 radical (unpaired) electrons. The van der Waals surface area contributed by atoms with E-state index in [1.165, 1.54) is 38.3 Å². The van der Waals surface area contributed by atoms with E-state index in [0.717, 1.165) is 32.2 Å². The van der Waals surface area contributed by atoms with Gasteiger partial charge >= 0.3 is 18.1 Å². The molecule has 0 bridgehead atoms. The number of rotatable bonds is 6. The molecule has 2 aliphatic carbocycles. The number of aliphatic hydroxyl groups is 1. The summed E-state index contributed by atoms with van der Waals surface area (Å²) in [6, 6.07) is 8.67. The highest BCUT2D eigenvalue weighted by Gasteiger charge is 2.65. The first-order valence-electron chi connectivity index (χ1n) is 12.4. The first-order valence-corrected chi connectivity index (χ1v) is 12.4. The zero-order valence-electron chi connectivity index (χ0n) is 22.2. The van der Waals surface area contributed by atoms with E-state index in [1.54, 1.807) is 0 Å². The Morgan fingerprint density at radius 3 is 2.27 bits per heavy atom. The number of hydrogen-bond acceptors (Lipinski definition) is 9. The van der Waals surface area contributed by atoms with Gasteiger partial charge in [-0.2, -0.15) is 13.2 Å². The van der Waals surface area contributed by atoms with Crippen LogP contribution in [0.5, 0.6) is 11.5 Å². The van der Waals surface area contributed by atoms with Gasteiger partial charge in [0.05, 0.1) is 18.3 Å². The number of fused-ring (bicyclic) bond motifs is 2. The van der Waals surface area contributed by atoms with Crippen LogP contribution in [0.1, 0.15) is 54.3 Å². The summed E-state index contributed by atoms with van der Waals surface area (Å²) in [6.45, 7) is 2.49. The van der Waals surface area contributed by atoms with Crippen LogP contribution in [0.2, 0.25) is 0 Å². The molecule has 2 aliphatic rings. The van der Waals surface area contributed by atoms with E-state index in [4.69, 9.17) is 18.9 Å². The molecule has 40 heavy (non-hydrogen) atoms. The van der Waals surface area contributed by atoms with Crippen molar-refractivity contribution < 1.29 is 56.7 Å². The number of phenolic OH excluding ortho intramolecular Hbond substituents is 1. The molecule has 0 aliphatic heterocycles. The lowest BCUT2D eigenvalue weighted by molar-refractivity contribution is -0.280. The zero-order valence-corrected chi connectivity index (χ0v) is 22.2. The number of alkyl halides is 3. The van der Waals surface area contributed by atoms with Gasteiger partial charge in [0.2, 0.25) is 0 Å². The number of hydrogen-bond donors (Lipinski definition) is 2. The number of carbonyl (C=O) groups excluding carboxylic acids is 3. The highest BCUT2D eigenvalue weighted by Crippen LogP contribution is 2.54. The highest BCUT2D eigenvalue weighted by molar-refractivity contribution is 6.03.